The molecule has 0 spiro atoms. The van der Waals surface area contributed by atoms with Gasteiger partial charge in [-0.2, -0.15) is 0 Å². The van der Waals surface area contributed by atoms with Crippen LogP contribution >= 0.6 is 11.3 Å². The lowest BCUT2D eigenvalue weighted by Crippen LogP contribution is -2.33. The molecule has 116 valence electrons. The Hall–Kier alpha value is -0.920. The van der Waals surface area contributed by atoms with Crippen LogP contribution in [-0.4, -0.2) is 37.4 Å². The molecule has 0 aromatic carbocycles. The summed E-state index contributed by atoms with van der Waals surface area (Å²) in [7, 11) is -1.98. The molecule has 2 aliphatic rings. The number of fused-ring (bicyclic) bond motifs is 2. The van der Waals surface area contributed by atoms with Gasteiger partial charge in [0.25, 0.3) is 0 Å². The van der Waals surface area contributed by atoms with Gasteiger partial charge < -0.3 is 5.11 Å². The molecule has 2 aliphatic carbocycles. The molecule has 1 N–H and O–H groups in total. The SMILES string of the molecule is CN(CC1CC2CCC1C2)S(=O)(=O)c1csc(C(=O)O)c1. The Bertz CT molecular complexity index is 652. The van der Waals surface area contributed by atoms with E-state index in [0.29, 0.717) is 18.4 Å². The minimum Gasteiger partial charge on any atom is -0.477 e. The van der Waals surface area contributed by atoms with E-state index < -0.39 is 16.0 Å². The van der Waals surface area contributed by atoms with E-state index in [9.17, 15) is 13.2 Å². The van der Waals surface area contributed by atoms with Crippen molar-refractivity contribution in [2.75, 3.05) is 13.6 Å². The van der Waals surface area contributed by atoms with Gasteiger partial charge in [-0.25, -0.2) is 17.5 Å². The Kier molecular flexibility index (Phi) is 3.83. The molecule has 0 radical (unpaired) electrons. The Morgan fingerprint density at radius 1 is 1.43 bits per heavy atom. The van der Waals surface area contributed by atoms with Crippen LogP contribution in [0.5, 0.6) is 0 Å². The van der Waals surface area contributed by atoms with Crippen molar-refractivity contribution in [3.63, 3.8) is 0 Å². The smallest absolute Gasteiger partial charge is 0.345 e. The highest BCUT2D eigenvalue weighted by Crippen LogP contribution is 2.48. The molecular formula is C14H19NO4S2. The van der Waals surface area contributed by atoms with Gasteiger partial charge in [-0.1, -0.05) is 6.42 Å². The summed E-state index contributed by atoms with van der Waals surface area (Å²) in [6.07, 6.45) is 4.91. The van der Waals surface area contributed by atoms with Crippen LogP contribution in [0.25, 0.3) is 0 Å². The summed E-state index contributed by atoms with van der Waals surface area (Å²) in [5.41, 5.74) is 0. The fourth-order valence-corrected chi connectivity index (χ4v) is 6.10. The van der Waals surface area contributed by atoms with Crippen LogP contribution < -0.4 is 0 Å². The Labute approximate surface area is 128 Å². The molecule has 1 heterocycles. The lowest BCUT2D eigenvalue weighted by Gasteiger charge is -2.26. The van der Waals surface area contributed by atoms with Crippen molar-refractivity contribution in [1.82, 2.24) is 4.31 Å². The van der Waals surface area contributed by atoms with Gasteiger partial charge in [-0.3, -0.25) is 0 Å². The third-order valence-corrected chi connectivity index (χ3v) is 7.74. The number of rotatable bonds is 5. The van der Waals surface area contributed by atoms with Gasteiger partial charge in [0.15, 0.2) is 0 Å². The number of hydrogen-bond acceptors (Lipinski definition) is 4. The van der Waals surface area contributed by atoms with E-state index in [-0.39, 0.29) is 9.77 Å². The maximum absolute atomic E-state index is 12.5. The molecule has 3 atom stereocenters. The van der Waals surface area contributed by atoms with Crippen molar-refractivity contribution in [3.05, 3.63) is 16.3 Å². The summed E-state index contributed by atoms with van der Waals surface area (Å²) in [5, 5.41) is 10.3. The van der Waals surface area contributed by atoms with Crippen LogP contribution in [0.4, 0.5) is 0 Å². The number of thiophene rings is 1. The third kappa shape index (κ3) is 2.74. The van der Waals surface area contributed by atoms with E-state index in [0.717, 1.165) is 23.7 Å². The maximum Gasteiger partial charge on any atom is 0.345 e. The van der Waals surface area contributed by atoms with E-state index >= 15 is 0 Å². The second-order valence-electron chi connectivity index (χ2n) is 6.17. The first-order valence-corrected chi connectivity index (χ1v) is 9.48. The first-order chi connectivity index (χ1) is 9.88. The molecule has 2 saturated carbocycles. The van der Waals surface area contributed by atoms with Crippen LogP contribution in [0, 0.1) is 17.8 Å². The number of aromatic carboxylic acids is 1. The maximum atomic E-state index is 12.5. The molecule has 7 heteroatoms. The van der Waals surface area contributed by atoms with Gasteiger partial charge in [0.05, 0.1) is 4.90 Å². The predicted octanol–water partition coefficient (Wildman–Crippen LogP) is 2.50. The molecule has 2 fully saturated rings. The standard InChI is InChI=1S/C14H19NO4S2/c1-15(7-11-5-9-2-3-10(11)4-9)21(18,19)12-6-13(14(16)17)20-8-12/h6,8-11H,2-5,7H2,1H3,(H,16,17). The highest BCUT2D eigenvalue weighted by molar-refractivity contribution is 7.89. The van der Waals surface area contributed by atoms with Crippen LogP contribution in [0.15, 0.2) is 16.3 Å². The summed E-state index contributed by atoms with van der Waals surface area (Å²) >= 11 is 0.951. The molecule has 0 amide bonds. The molecule has 3 rings (SSSR count). The molecule has 0 aliphatic heterocycles. The molecule has 0 saturated heterocycles. The zero-order chi connectivity index (χ0) is 15.2. The number of sulfonamides is 1. The third-order valence-electron chi connectivity index (χ3n) is 4.87. The molecule has 1 aromatic heterocycles. The quantitative estimate of drug-likeness (QED) is 0.900. The Balaban J connectivity index is 1.73. The Morgan fingerprint density at radius 3 is 2.71 bits per heavy atom. The van der Waals surface area contributed by atoms with E-state index in [1.165, 1.54) is 35.0 Å². The topological polar surface area (TPSA) is 74.7 Å². The van der Waals surface area contributed by atoms with Gasteiger partial charge in [0, 0.05) is 19.0 Å². The fraction of sp³-hybridized carbons (Fsp3) is 0.643. The first-order valence-electron chi connectivity index (χ1n) is 7.16. The van der Waals surface area contributed by atoms with Crippen LogP contribution in [0.3, 0.4) is 0 Å². The number of hydrogen-bond donors (Lipinski definition) is 1. The summed E-state index contributed by atoms with van der Waals surface area (Å²) in [6.45, 7) is 0.543. The summed E-state index contributed by atoms with van der Waals surface area (Å²) in [6, 6.07) is 1.25. The summed E-state index contributed by atoms with van der Waals surface area (Å²) < 4.78 is 26.4. The molecule has 1 aromatic rings. The predicted molar refractivity (Wildman–Crippen MR) is 80.0 cm³/mol. The summed E-state index contributed by atoms with van der Waals surface area (Å²) in [4.78, 5) is 11.0. The lowest BCUT2D eigenvalue weighted by atomic mass is 9.89. The van der Waals surface area contributed by atoms with Crippen molar-refractivity contribution in [2.45, 2.75) is 30.6 Å². The van der Waals surface area contributed by atoms with E-state index in [2.05, 4.69) is 0 Å². The minimum atomic E-state index is -3.58. The normalized spacial score (nSPS) is 28.4. The first kappa shape index (κ1) is 15.0. The van der Waals surface area contributed by atoms with Gasteiger partial charge in [-0.05, 0) is 43.1 Å². The van der Waals surface area contributed by atoms with Crippen LogP contribution in [0.1, 0.15) is 35.4 Å². The second kappa shape index (κ2) is 5.37. The minimum absolute atomic E-state index is 0.0573. The average Bonchev–Trinajstić information content (AvgIpc) is 3.14. The van der Waals surface area contributed by atoms with Crippen molar-refractivity contribution in [1.29, 1.82) is 0 Å². The number of carboxylic acids is 1. The van der Waals surface area contributed by atoms with Crippen molar-refractivity contribution in [3.8, 4) is 0 Å². The lowest BCUT2D eigenvalue weighted by molar-refractivity contribution is 0.0702. The number of carbonyl (C=O) groups is 1. The highest BCUT2D eigenvalue weighted by atomic mass is 32.2. The highest BCUT2D eigenvalue weighted by Gasteiger charge is 2.41. The monoisotopic (exact) mass is 329 g/mol. The van der Waals surface area contributed by atoms with Crippen molar-refractivity contribution >= 4 is 27.3 Å². The Morgan fingerprint density at radius 2 is 2.19 bits per heavy atom. The van der Waals surface area contributed by atoms with E-state index in [4.69, 9.17) is 5.11 Å². The van der Waals surface area contributed by atoms with E-state index in [1.807, 2.05) is 0 Å². The van der Waals surface area contributed by atoms with Gasteiger partial charge in [-0.15, -0.1) is 11.3 Å². The van der Waals surface area contributed by atoms with Crippen LogP contribution in [-0.2, 0) is 10.0 Å². The summed E-state index contributed by atoms with van der Waals surface area (Å²) in [5.74, 6) is 0.832. The zero-order valence-electron chi connectivity index (χ0n) is 11.9. The van der Waals surface area contributed by atoms with Gasteiger partial charge in [0.2, 0.25) is 10.0 Å². The largest absolute Gasteiger partial charge is 0.477 e. The number of carboxylic acid groups (broad SMARTS) is 1. The van der Waals surface area contributed by atoms with Gasteiger partial charge >= 0.3 is 5.97 Å². The van der Waals surface area contributed by atoms with Crippen molar-refractivity contribution in [2.24, 2.45) is 17.8 Å². The van der Waals surface area contributed by atoms with E-state index in [1.54, 1.807) is 7.05 Å². The van der Waals surface area contributed by atoms with Crippen molar-refractivity contribution < 1.29 is 18.3 Å². The molecular weight excluding hydrogens is 310 g/mol. The molecule has 3 unspecified atom stereocenters. The van der Waals surface area contributed by atoms with Crippen LogP contribution in [0.2, 0.25) is 0 Å². The molecule has 21 heavy (non-hydrogen) atoms. The second-order valence-corrected chi connectivity index (χ2v) is 9.13. The zero-order valence-corrected chi connectivity index (χ0v) is 13.5. The molecule has 5 nitrogen and oxygen atoms in total. The number of nitrogens with zero attached hydrogens (tertiary/aromatic N) is 1. The molecule has 2 bridgehead atoms. The average molecular weight is 329 g/mol. The fourth-order valence-electron chi connectivity index (χ4n) is 3.77. The van der Waals surface area contributed by atoms with Gasteiger partial charge in [0.1, 0.15) is 4.88 Å².